The van der Waals surface area contributed by atoms with Crippen molar-refractivity contribution in [1.29, 1.82) is 0 Å². The summed E-state index contributed by atoms with van der Waals surface area (Å²) in [5.41, 5.74) is 1.90. The van der Waals surface area contributed by atoms with E-state index in [-0.39, 0.29) is 40.5 Å². The molecule has 0 saturated heterocycles. The molecule has 3 aromatic carbocycles. The van der Waals surface area contributed by atoms with E-state index in [1.54, 1.807) is 60.7 Å². The monoisotopic (exact) mass is 448 g/mol. The SMILES string of the molecule is O=C(CCc1nc2ccccc2[nH]c1=O)OCc1ccc(S(=O)(=O)c2ccccc2)cc1. The van der Waals surface area contributed by atoms with Crippen LogP contribution in [-0.2, 0) is 32.4 Å². The number of carbonyl (C=O) groups is 1. The van der Waals surface area contributed by atoms with E-state index in [2.05, 4.69) is 9.97 Å². The number of rotatable bonds is 7. The number of aromatic amines is 1. The Morgan fingerprint density at radius 3 is 2.28 bits per heavy atom. The molecule has 0 atom stereocenters. The number of carbonyl (C=O) groups excluding carboxylic acids is 1. The van der Waals surface area contributed by atoms with Gasteiger partial charge in [-0.15, -0.1) is 0 Å². The van der Waals surface area contributed by atoms with Gasteiger partial charge in [-0.3, -0.25) is 9.59 Å². The standard InChI is InChI=1S/C24H20N2O5S/c27-23(15-14-22-24(28)26-21-9-5-4-8-20(21)25-22)31-16-17-10-12-19(13-11-17)32(29,30)18-6-2-1-3-7-18/h1-13H,14-16H2,(H,26,28). The number of ether oxygens (including phenoxy) is 1. The number of nitrogens with one attached hydrogen (secondary N) is 1. The molecule has 0 amide bonds. The van der Waals surface area contributed by atoms with Gasteiger partial charge in [0.05, 0.1) is 27.2 Å². The zero-order chi connectivity index (χ0) is 22.6. The van der Waals surface area contributed by atoms with Crippen LogP contribution in [0.25, 0.3) is 11.0 Å². The van der Waals surface area contributed by atoms with Crippen molar-refractivity contribution in [3.8, 4) is 0 Å². The quantitative estimate of drug-likeness (QED) is 0.434. The van der Waals surface area contributed by atoms with Gasteiger partial charge in [0.25, 0.3) is 5.56 Å². The predicted octanol–water partition coefficient (Wildman–Crippen LogP) is 3.43. The third-order valence-corrected chi connectivity index (χ3v) is 6.71. The molecule has 0 spiro atoms. The first-order valence-electron chi connectivity index (χ1n) is 9.96. The lowest BCUT2D eigenvalue weighted by Gasteiger charge is -2.07. The molecular formula is C24H20N2O5S. The maximum Gasteiger partial charge on any atom is 0.306 e. The number of hydrogen-bond donors (Lipinski definition) is 1. The lowest BCUT2D eigenvalue weighted by Crippen LogP contribution is -2.17. The highest BCUT2D eigenvalue weighted by Crippen LogP contribution is 2.21. The Morgan fingerprint density at radius 1 is 0.875 bits per heavy atom. The number of benzene rings is 3. The van der Waals surface area contributed by atoms with Crippen LogP contribution in [0.15, 0.2) is 93.4 Å². The third-order valence-electron chi connectivity index (χ3n) is 4.92. The topological polar surface area (TPSA) is 106 Å². The normalized spacial score (nSPS) is 11.4. The smallest absolute Gasteiger partial charge is 0.306 e. The van der Waals surface area contributed by atoms with Gasteiger partial charge in [0.2, 0.25) is 9.84 Å². The second-order valence-electron chi connectivity index (χ2n) is 7.15. The Balaban J connectivity index is 1.34. The van der Waals surface area contributed by atoms with E-state index in [0.29, 0.717) is 16.6 Å². The van der Waals surface area contributed by atoms with Crippen molar-refractivity contribution < 1.29 is 17.9 Å². The van der Waals surface area contributed by atoms with Gasteiger partial charge in [0.1, 0.15) is 12.3 Å². The van der Waals surface area contributed by atoms with Crippen molar-refractivity contribution in [2.24, 2.45) is 0 Å². The Morgan fingerprint density at radius 2 is 1.53 bits per heavy atom. The minimum absolute atomic E-state index is 0.00596. The molecule has 32 heavy (non-hydrogen) atoms. The number of aryl methyl sites for hydroxylation is 1. The maximum atomic E-state index is 12.6. The van der Waals surface area contributed by atoms with Gasteiger partial charge < -0.3 is 9.72 Å². The zero-order valence-electron chi connectivity index (χ0n) is 17.0. The van der Waals surface area contributed by atoms with Gasteiger partial charge >= 0.3 is 5.97 Å². The Hall–Kier alpha value is -3.78. The number of esters is 1. The third kappa shape index (κ3) is 4.76. The van der Waals surface area contributed by atoms with Crippen molar-refractivity contribution in [1.82, 2.24) is 9.97 Å². The fourth-order valence-electron chi connectivity index (χ4n) is 3.19. The summed E-state index contributed by atoms with van der Waals surface area (Å²) in [6.45, 7) is 0.00596. The summed E-state index contributed by atoms with van der Waals surface area (Å²) < 4.78 is 30.5. The summed E-state index contributed by atoms with van der Waals surface area (Å²) in [5.74, 6) is -0.472. The molecule has 0 fully saturated rings. The molecule has 8 heteroatoms. The summed E-state index contributed by atoms with van der Waals surface area (Å²) in [6.07, 6.45) is 0.169. The summed E-state index contributed by atoms with van der Waals surface area (Å²) in [7, 11) is -3.59. The molecule has 4 rings (SSSR count). The van der Waals surface area contributed by atoms with Crippen molar-refractivity contribution in [3.63, 3.8) is 0 Å². The number of H-pyrrole nitrogens is 1. The molecule has 0 aliphatic carbocycles. The molecule has 0 aliphatic rings. The van der Waals surface area contributed by atoms with E-state index in [1.807, 2.05) is 6.07 Å². The van der Waals surface area contributed by atoms with Gasteiger partial charge in [-0.05, 0) is 42.0 Å². The zero-order valence-corrected chi connectivity index (χ0v) is 17.8. The first kappa shape index (κ1) is 21.5. The highest BCUT2D eigenvalue weighted by molar-refractivity contribution is 7.91. The van der Waals surface area contributed by atoms with Crippen LogP contribution in [0.5, 0.6) is 0 Å². The molecule has 1 N–H and O–H groups in total. The summed E-state index contributed by atoms with van der Waals surface area (Å²) >= 11 is 0. The number of para-hydroxylation sites is 2. The van der Waals surface area contributed by atoms with Crippen LogP contribution in [0.1, 0.15) is 17.7 Å². The number of nitrogens with zero attached hydrogens (tertiary/aromatic N) is 1. The van der Waals surface area contributed by atoms with Crippen molar-refractivity contribution in [2.75, 3.05) is 0 Å². The Labute approximate surface area is 184 Å². The molecule has 0 saturated carbocycles. The van der Waals surface area contributed by atoms with Crippen LogP contribution in [0.2, 0.25) is 0 Å². The molecule has 0 bridgehead atoms. The van der Waals surface area contributed by atoms with Gasteiger partial charge in [-0.2, -0.15) is 0 Å². The molecule has 162 valence electrons. The van der Waals surface area contributed by atoms with Crippen molar-refractivity contribution in [2.45, 2.75) is 29.2 Å². The van der Waals surface area contributed by atoms with Crippen LogP contribution < -0.4 is 5.56 Å². The molecule has 4 aromatic rings. The minimum Gasteiger partial charge on any atom is -0.461 e. The number of sulfone groups is 1. The Bertz CT molecular complexity index is 1410. The van der Waals surface area contributed by atoms with E-state index in [0.717, 1.165) is 0 Å². The minimum atomic E-state index is -3.59. The first-order chi connectivity index (χ1) is 15.4. The molecule has 1 aromatic heterocycles. The van der Waals surface area contributed by atoms with E-state index < -0.39 is 15.8 Å². The molecule has 7 nitrogen and oxygen atoms in total. The average molecular weight is 449 g/mol. The fourth-order valence-corrected chi connectivity index (χ4v) is 4.48. The fraction of sp³-hybridized carbons (Fsp3) is 0.125. The van der Waals surface area contributed by atoms with Gasteiger partial charge in [0.15, 0.2) is 0 Å². The van der Waals surface area contributed by atoms with E-state index in [9.17, 15) is 18.0 Å². The van der Waals surface area contributed by atoms with E-state index >= 15 is 0 Å². The molecule has 1 heterocycles. The molecular weight excluding hydrogens is 428 g/mol. The lowest BCUT2D eigenvalue weighted by molar-refractivity contribution is -0.144. The lowest BCUT2D eigenvalue weighted by atomic mass is 10.2. The molecule has 0 aliphatic heterocycles. The molecule has 0 unspecified atom stereocenters. The summed E-state index contributed by atoms with van der Waals surface area (Å²) in [6, 6.07) is 21.6. The average Bonchev–Trinajstić information content (AvgIpc) is 2.82. The van der Waals surface area contributed by atoms with Crippen LogP contribution >= 0.6 is 0 Å². The van der Waals surface area contributed by atoms with Crippen LogP contribution in [0.4, 0.5) is 0 Å². The second kappa shape index (κ2) is 9.15. The highest BCUT2D eigenvalue weighted by Gasteiger charge is 2.17. The van der Waals surface area contributed by atoms with E-state index in [1.165, 1.54) is 12.1 Å². The van der Waals surface area contributed by atoms with Gasteiger partial charge in [-0.25, -0.2) is 13.4 Å². The predicted molar refractivity (Wildman–Crippen MR) is 119 cm³/mol. The van der Waals surface area contributed by atoms with Crippen LogP contribution in [0, 0.1) is 0 Å². The number of fused-ring (bicyclic) bond motifs is 1. The largest absolute Gasteiger partial charge is 0.461 e. The maximum absolute atomic E-state index is 12.6. The van der Waals surface area contributed by atoms with Crippen LogP contribution in [0.3, 0.4) is 0 Å². The van der Waals surface area contributed by atoms with Crippen molar-refractivity contribution >= 4 is 26.8 Å². The Kier molecular flexibility index (Phi) is 6.13. The first-order valence-corrected chi connectivity index (χ1v) is 11.4. The van der Waals surface area contributed by atoms with Gasteiger partial charge in [0, 0.05) is 6.42 Å². The second-order valence-corrected chi connectivity index (χ2v) is 9.10. The number of hydrogen-bond acceptors (Lipinski definition) is 6. The number of aromatic nitrogens is 2. The van der Waals surface area contributed by atoms with E-state index in [4.69, 9.17) is 4.74 Å². The highest BCUT2D eigenvalue weighted by atomic mass is 32.2. The van der Waals surface area contributed by atoms with Gasteiger partial charge in [-0.1, -0.05) is 42.5 Å². The summed E-state index contributed by atoms with van der Waals surface area (Å²) in [5, 5.41) is 0. The van der Waals surface area contributed by atoms with Crippen molar-refractivity contribution in [3.05, 3.63) is 100 Å². The summed E-state index contributed by atoms with van der Waals surface area (Å²) in [4.78, 5) is 31.7. The molecule has 0 radical (unpaired) electrons. The van der Waals surface area contributed by atoms with Crippen LogP contribution in [-0.4, -0.2) is 24.4 Å².